The average molecular weight is 399 g/mol. The molecule has 4 rings (SSSR count). The fourth-order valence-electron chi connectivity index (χ4n) is 3.16. The van der Waals surface area contributed by atoms with Gasteiger partial charge in [0.05, 0.1) is 25.0 Å². The first-order chi connectivity index (χ1) is 14.7. The number of benzene rings is 3. The standard InChI is InChI=1S/C24H21N3O3/c1-30-21-12-10-18(11-13-21)23-22(15-27(26-23)20-8-3-2-4-9-20)24(29)25-19-7-5-6-17(14-19)16-28/h2-15,28H,16H2,1H3,(H,25,29). The Labute approximate surface area is 174 Å². The third kappa shape index (κ3) is 4.09. The summed E-state index contributed by atoms with van der Waals surface area (Å²) in [7, 11) is 1.61. The summed E-state index contributed by atoms with van der Waals surface area (Å²) in [5.74, 6) is 0.450. The Bertz CT molecular complexity index is 1150. The fraction of sp³-hybridized carbons (Fsp3) is 0.0833. The summed E-state index contributed by atoms with van der Waals surface area (Å²) in [5, 5.41) is 16.9. The van der Waals surface area contributed by atoms with Crippen LogP contribution < -0.4 is 10.1 Å². The van der Waals surface area contributed by atoms with E-state index < -0.39 is 0 Å². The summed E-state index contributed by atoms with van der Waals surface area (Å²) in [6.07, 6.45) is 1.72. The summed E-state index contributed by atoms with van der Waals surface area (Å²) >= 11 is 0. The van der Waals surface area contributed by atoms with Gasteiger partial charge in [0.2, 0.25) is 0 Å². The number of carbonyl (C=O) groups excluding carboxylic acids is 1. The van der Waals surface area contributed by atoms with Crippen LogP contribution in [0.5, 0.6) is 5.75 Å². The highest BCUT2D eigenvalue weighted by atomic mass is 16.5. The van der Waals surface area contributed by atoms with E-state index in [0.29, 0.717) is 16.9 Å². The molecule has 1 heterocycles. The van der Waals surface area contributed by atoms with Gasteiger partial charge in [-0.1, -0.05) is 30.3 Å². The highest BCUT2D eigenvalue weighted by molar-refractivity contribution is 6.08. The molecule has 1 aromatic heterocycles. The van der Waals surface area contributed by atoms with Gasteiger partial charge < -0.3 is 15.2 Å². The van der Waals surface area contributed by atoms with Crippen LogP contribution in [0.4, 0.5) is 5.69 Å². The zero-order valence-corrected chi connectivity index (χ0v) is 16.4. The summed E-state index contributed by atoms with van der Waals surface area (Å²) in [4.78, 5) is 13.1. The molecule has 0 atom stereocenters. The van der Waals surface area contributed by atoms with Crippen molar-refractivity contribution in [3.63, 3.8) is 0 Å². The molecule has 0 aliphatic rings. The first kappa shape index (κ1) is 19.4. The summed E-state index contributed by atoms with van der Waals surface area (Å²) in [6, 6.07) is 24.2. The molecule has 0 spiro atoms. The number of amides is 1. The van der Waals surface area contributed by atoms with Gasteiger partial charge in [-0.05, 0) is 54.1 Å². The normalized spacial score (nSPS) is 10.6. The number of ether oxygens (including phenoxy) is 1. The third-order valence-corrected chi connectivity index (χ3v) is 4.71. The van der Waals surface area contributed by atoms with Crippen LogP contribution in [0.25, 0.3) is 16.9 Å². The number of aliphatic hydroxyl groups excluding tert-OH is 1. The molecule has 150 valence electrons. The topological polar surface area (TPSA) is 76.4 Å². The van der Waals surface area contributed by atoms with Gasteiger partial charge in [-0.3, -0.25) is 4.79 Å². The van der Waals surface area contributed by atoms with Crippen molar-refractivity contribution in [1.29, 1.82) is 0 Å². The zero-order chi connectivity index (χ0) is 20.9. The van der Waals surface area contributed by atoms with Crippen LogP contribution in [0.2, 0.25) is 0 Å². The van der Waals surface area contributed by atoms with E-state index in [-0.39, 0.29) is 12.5 Å². The lowest BCUT2D eigenvalue weighted by molar-refractivity contribution is 0.102. The van der Waals surface area contributed by atoms with Gasteiger partial charge in [0.15, 0.2) is 0 Å². The third-order valence-electron chi connectivity index (χ3n) is 4.71. The molecule has 6 nitrogen and oxygen atoms in total. The molecule has 30 heavy (non-hydrogen) atoms. The fourth-order valence-corrected chi connectivity index (χ4v) is 3.16. The van der Waals surface area contributed by atoms with Crippen LogP contribution in [0.1, 0.15) is 15.9 Å². The molecule has 0 aliphatic heterocycles. The Morgan fingerprint density at radius 3 is 2.50 bits per heavy atom. The van der Waals surface area contributed by atoms with E-state index in [4.69, 9.17) is 4.74 Å². The molecule has 2 N–H and O–H groups in total. The van der Waals surface area contributed by atoms with E-state index in [0.717, 1.165) is 22.6 Å². The molecular formula is C24H21N3O3. The van der Waals surface area contributed by atoms with E-state index >= 15 is 0 Å². The lowest BCUT2D eigenvalue weighted by atomic mass is 10.1. The number of hydrogen-bond acceptors (Lipinski definition) is 4. The molecule has 0 saturated heterocycles. The predicted molar refractivity (Wildman–Crippen MR) is 116 cm³/mol. The van der Waals surface area contributed by atoms with E-state index in [1.807, 2.05) is 54.6 Å². The van der Waals surface area contributed by atoms with Crippen LogP contribution in [-0.4, -0.2) is 27.9 Å². The number of rotatable bonds is 6. The van der Waals surface area contributed by atoms with E-state index in [1.54, 1.807) is 42.3 Å². The second kappa shape index (κ2) is 8.63. The van der Waals surface area contributed by atoms with Crippen LogP contribution in [0, 0.1) is 0 Å². The predicted octanol–water partition coefficient (Wildman–Crippen LogP) is 4.29. The van der Waals surface area contributed by atoms with Crippen molar-refractivity contribution in [2.45, 2.75) is 6.61 Å². The molecule has 4 aromatic rings. The van der Waals surface area contributed by atoms with E-state index in [9.17, 15) is 9.90 Å². The van der Waals surface area contributed by atoms with Crippen LogP contribution in [0.15, 0.2) is 85.1 Å². The van der Waals surface area contributed by atoms with Crippen LogP contribution in [0.3, 0.4) is 0 Å². The van der Waals surface area contributed by atoms with Crippen molar-refractivity contribution in [1.82, 2.24) is 9.78 Å². The summed E-state index contributed by atoms with van der Waals surface area (Å²) in [6.45, 7) is -0.0905. The van der Waals surface area contributed by atoms with Crippen molar-refractivity contribution in [2.24, 2.45) is 0 Å². The number of carbonyl (C=O) groups is 1. The van der Waals surface area contributed by atoms with Crippen LogP contribution >= 0.6 is 0 Å². The number of aliphatic hydroxyl groups is 1. The molecular weight excluding hydrogens is 378 g/mol. The van der Waals surface area contributed by atoms with Gasteiger partial charge in [0.1, 0.15) is 11.4 Å². The largest absolute Gasteiger partial charge is 0.497 e. The van der Waals surface area contributed by atoms with Crippen molar-refractivity contribution < 1.29 is 14.6 Å². The smallest absolute Gasteiger partial charge is 0.259 e. The SMILES string of the molecule is COc1ccc(-c2nn(-c3ccccc3)cc2C(=O)Nc2cccc(CO)c2)cc1. The minimum atomic E-state index is -0.280. The maximum Gasteiger partial charge on any atom is 0.259 e. The minimum Gasteiger partial charge on any atom is -0.497 e. The Hall–Kier alpha value is -3.90. The molecule has 0 bridgehead atoms. The monoisotopic (exact) mass is 399 g/mol. The van der Waals surface area contributed by atoms with Crippen molar-refractivity contribution in [3.05, 3.63) is 96.2 Å². The molecule has 0 aliphatic carbocycles. The molecule has 0 unspecified atom stereocenters. The second-order valence-electron chi connectivity index (χ2n) is 6.71. The molecule has 6 heteroatoms. The first-order valence-electron chi connectivity index (χ1n) is 9.48. The van der Waals surface area contributed by atoms with Gasteiger partial charge >= 0.3 is 0 Å². The molecule has 1 amide bonds. The Morgan fingerprint density at radius 1 is 1.03 bits per heavy atom. The second-order valence-corrected chi connectivity index (χ2v) is 6.71. The van der Waals surface area contributed by atoms with Crippen molar-refractivity contribution in [3.8, 4) is 22.7 Å². The van der Waals surface area contributed by atoms with Gasteiger partial charge in [0.25, 0.3) is 5.91 Å². The van der Waals surface area contributed by atoms with Gasteiger partial charge in [-0.15, -0.1) is 0 Å². The number of para-hydroxylation sites is 1. The van der Waals surface area contributed by atoms with Gasteiger partial charge in [0, 0.05) is 17.4 Å². The Morgan fingerprint density at radius 2 is 1.80 bits per heavy atom. The highest BCUT2D eigenvalue weighted by Crippen LogP contribution is 2.26. The number of methoxy groups -OCH3 is 1. The Kier molecular flexibility index (Phi) is 5.59. The van der Waals surface area contributed by atoms with E-state index in [2.05, 4.69) is 10.4 Å². The lowest BCUT2D eigenvalue weighted by Crippen LogP contribution is -2.12. The highest BCUT2D eigenvalue weighted by Gasteiger charge is 2.19. The molecule has 0 fully saturated rings. The Balaban J connectivity index is 1.74. The number of nitrogens with zero attached hydrogens (tertiary/aromatic N) is 2. The number of anilines is 1. The average Bonchev–Trinajstić information content (AvgIpc) is 3.25. The lowest BCUT2D eigenvalue weighted by Gasteiger charge is -2.07. The molecule has 3 aromatic carbocycles. The minimum absolute atomic E-state index is 0.0905. The summed E-state index contributed by atoms with van der Waals surface area (Å²) < 4.78 is 6.93. The van der Waals surface area contributed by atoms with Gasteiger partial charge in [-0.25, -0.2) is 4.68 Å². The van der Waals surface area contributed by atoms with E-state index in [1.165, 1.54) is 0 Å². The van der Waals surface area contributed by atoms with Crippen molar-refractivity contribution >= 4 is 11.6 Å². The maximum absolute atomic E-state index is 13.1. The number of hydrogen-bond donors (Lipinski definition) is 2. The summed E-state index contributed by atoms with van der Waals surface area (Å²) in [5.41, 5.74) is 4.01. The van der Waals surface area contributed by atoms with Crippen molar-refractivity contribution in [2.75, 3.05) is 12.4 Å². The maximum atomic E-state index is 13.1. The van der Waals surface area contributed by atoms with Gasteiger partial charge in [-0.2, -0.15) is 5.10 Å². The zero-order valence-electron chi connectivity index (χ0n) is 16.4. The number of aromatic nitrogens is 2. The molecule has 0 saturated carbocycles. The first-order valence-corrected chi connectivity index (χ1v) is 9.48. The number of nitrogens with one attached hydrogen (secondary N) is 1. The van der Waals surface area contributed by atoms with Crippen LogP contribution in [-0.2, 0) is 6.61 Å². The quantitative estimate of drug-likeness (QED) is 0.507. The molecule has 0 radical (unpaired) electrons.